The van der Waals surface area contributed by atoms with Crippen LogP contribution < -0.4 is 0 Å². The van der Waals surface area contributed by atoms with E-state index in [-0.39, 0.29) is 19.8 Å². The van der Waals surface area contributed by atoms with Crippen molar-refractivity contribution in [3.63, 3.8) is 0 Å². The van der Waals surface area contributed by atoms with Crippen molar-refractivity contribution >= 4 is 21.8 Å². The first kappa shape index (κ1) is 27.3. The largest absolute Gasteiger partial charge is 0.388 e. The quantitative estimate of drug-likeness (QED) is 0.221. The highest BCUT2D eigenvalue weighted by molar-refractivity contribution is 5.78. The molecule has 2 aliphatic rings. The maximum absolute atomic E-state index is 10.4. The summed E-state index contributed by atoms with van der Waals surface area (Å²) in [4.78, 5) is 22.5. The van der Waals surface area contributed by atoms with Gasteiger partial charge in [-0.25, -0.2) is 0 Å². The van der Waals surface area contributed by atoms with E-state index in [2.05, 4.69) is 39.1 Å². The second-order valence-corrected chi connectivity index (χ2v) is 9.11. The fraction of sp³-hybridized carbons (Fsp3) is 0.357. The summed E-state index contributed by atoms with van der Waals surface area (Å²) >= 11 is 0. The molecule has 4 atom stereocenters. The molecule has 2 aromatic carbocycles. The summed E-state index contributed by atoms with van der Waals surface area (Å²) in [5, 5.41) is 31.4. The number of benzene rings is 2. The van der Waals surface area contributed by atoms with Crippen LogP contribution in [0.25, 0.3) is 21.8 Å². The fourth-order valence-corrected chi connectivity index (χ4v) is 4.49. The Bertz CT molecular complexity index is 1120. The van der Waals surface area contributed by atoms with Gasteiger partial charge >= 0.3 is 0 Å². The second kappa shape index (κ2) is 13.2. The van der Waals surface area contributed by atoms with E-state index in [0.29, 0.717) is 19.3 Å². The highest BCUT2D eigenvalue weighted by Gasteiger charge is 2.55. The molecular formula is C28H31N3O7. The zero-order valence-corrected chi connectivity index (χ0v) is 20.8. The summed E-state index contributed by atoms with van der Waals surface area (Å²) in [6.07, 6.45) is 3.39. The van der Waals surface area contributed by atoms with Crippen molar-refractivity contribution in [1.82, 2.24) is 9.97 Å². The Kier molecular flexibility index (Phi) is 9.50. The summed E-state index contributed by atoms with van der Waals surface area (Å²) in [5.74, 6) is 0. The Morgan fingerprint density at radius 3 is 2.08 bits per heavy atom. The van der Waals surface area contributed by atoms with Crippen molar-refractivity contribution in [2.24, 2.45) is 0 Å². The number of rotatable bonds is 6. The molecule has 2 aliphatic heterocycles. The zero-order valence-electron chi connectivity index (χ0n) is 20.8. The summed E-state index contributed by atoms with van der Waals surface area (Å²) in [6.45, 7) is 0.305. The summed E-state index contributed by atoms with van der Waals surface area (Å²) < 4.78 is 10.7. The van der Waals surface area contributed by atoms with E-state index < -0.39 is 29.0 Å². The van der Waals surface area contributed by atoms with Gasteiger partial charge in [-0.05, 0) is 43.5 Å². The number of unbranched alkanes of at least 4 members (excludes halogenated alkanes) is 1. The third-order valence-corrected chi connectivity index (χ3v) is 6.40. The normalized spacial score (nSPS) is 23.6. The maximum atomic E-state index is 10.4. The van der Waals surface area contributed by atoms with Crippen LogP contribution in [0, 0.1) is 10.1 Å². The highest BCUT2D eigenvalue weighted by atomic mass is 16.9. The number of aliphatic hydroxyl groups excluding tert-OH is 1. The van der Waals surface area contributed by atoms with Crippen LogP contribution in [0.3, 0.4) is 0 Å². The molecule has 0 unspecified atom stereocenters. The smallest absolute Gasteiger partial charge is 0.294 e. The van der Waals surface area contributed by atoms with Crippen LogP contribution in [-0.2, 0) is 14.3 Å². The van der Waals surface area contributed by atoms with E-state index >= 15 is 0 Å². The number of aliphatic hydroxyl groups is 2. The van der Waals surface area contributed by atoms with Crippen LogP contribution in [0.5, 0.6) is 0 Å². The Morgan fingerprint density at radius 2 is 1.50 bits per heavy atom. The molecule has 4 aromatic rings. The molecule has 4 heterocycles. The second-order valence-electron chi connectivity index (χ2n) is 9.11. The molecule has 2 fully saturated rings. The average Bonchev–Trinajstić information content (AvgIpc) is 3.49. The maximum Gasteiger partial charge on any atom is 0.294 e. The number of hydrogen-bond donors (Lipinski definition) is 2. The molecule has 38 heavy (non-hydrogen) atoms. The average molecular weight is 522 g/mol. The fourth-order valence-electron chi connectivity index (χ4n) is 4.49. The number of ether oxygens (including phenoxy) is 2. The molecule has 10 heteroatoms. The van der Waals surface area contributed by atoms with E-state index in [9.17, 15) is 20.3 Å². The van der Waals surface area contributed by atoms with Gasteiger partial charge in [0, 0.05) is 23.2 Å². The van der Waals surface area contributed by atoms with E-state index in [4.69, 9.17) is 9.47 Å². The molecule has 10 nitrogen and oxygen atoms in total. The van der Waals surface area contributed by atoms with E-state index in [0.717, 1.165) is 11.0 Å². The number of nitrogens with zero attached hydrogens (tertiary/aromatic N) is 3. The van der Waals surface area contributed by atoms with Gasteiger partial charge in [-0.3, -0.25) is 9.97 Å². The molecule has 0 bridgehead atoms. The number of hydrogen-bond acceptors (Lipinski definition) is 9. The lowest BCUT2D eigenvalue weighted by molar-refractivity contribution is -0.757. The standard InChI is InChI=1S/C10H17NO7.2C9H7N/c12-7-5-16-9-8(7)17-6-10(9,13)3-1-2-4-18-11(14)15;2*1-2-6-9-8(4-1)5-3-7-10-9/h7-9,12-13H,1-6H2;2*1-7H/t7-,8+,9-,10-;;/m0../s1. The summed E-state index contributed by atoms with van der Waals surface area (Å²) in [6, 6.07) is 24.2. The van der Waals surface area contributed by atoms with Crippen molar-refractivity contribution in [3.05, 3.63) is 95.3 Å². The van der Waals surface area contributed by atoms with E-state index in [1.807, 2.05) is 60.9 Å². The minimum atomic E-state index is -1.11. The minimum Gasteiger partial charge on any atom is -0.388 e. The zero-order chi connectivity index (χ0) is 26.8. The molecule has 0 radical (unpaired) electrons. The number of aromatic nitrogens is 2. The molecular weight excluding hydrogens is 490 g/mol. The van der Waals surface area contributed by atoms with Crippen LogP contribution in [0.2, 0.25) is 0 Å². The molecule has 2 aromatic heterocycles. The highest BCUT2D eigenvalue weighted by Crippen LogP contribution is 2.37. The van der Waals surface area contributed by atoms with Gasteiger partial charge in [-0.2, -0.15) is 0 Å². The van der Waals surface area contributed by atoms with Gasteiger partial charge in [0.1, 0.15) is 23.9 Å². The molecule has 0 amide bonds. The van der Waals surface area contributed by atoms with E-state index in [1.54, 1.807) is 0 Å². The molecule has 0 aliphatic carbocycles. The van der Waals surface area contributed by atoms with Crippen molar-refractivity contribution in [2.75, 3.05) is 19.8 Å². The summed E-state index contributed by atoms with van der Waals surface area (Å²) in [7, 11) is 0. The van der Waals surface area contributed by atoms with Gasteiger partial charge in [-0.1, -0.05) is 48.5 Å². The summed E-state index contributed by atoms with van der Waals surface area (Å²) in [5.41, 5.74) is 1.01. The van der Waals surface area contributed by atoms with Crippen LogP contribution in [0.15, 0.2) is 85.2 Å². The number of pyridine rings is 2. The van der Waals surface area contributed by atoms with Crippen LogP contribution in [0.4, 0.5) is 0 Å². The Balaban J connectivity index is 0.000000142. The first-order valence-electron chi connectivity index (χ1n) is 12.5. The van der Waals surface area contributed by atoms with Gasteiger partial charge < -0.3 is 24.5 Å². The lowest BCUT2D eigenvalue weighted by Gasteiger charge is -2.26. The predicted molar refractivity (Wildman–Crippen MR) is 141 cm³/mol. The lowest BCUT2D eigenvalue weighted by Crippen LogP contribution is -2.43. The predicted octanol–water partition coefficient (Wildman–Crippen LogP) is 3.72. The lowest BCUT2D eigenvalue weighted by atomic mass is 9.90. The monoisotopic (exact) mass is 521 g/mol. The van der Waals surface area contributed by atoms with Crippen LogP contribution in [0.1, 0.15) is 19.3 Å². The Morgan fingerprint density at radius 1 is 0.921 bits per heavy atom. The molecule has 6 rings (SSSR count). The topological polar surface area (TPSA) is 137 Å². The van der Waals surface area contributed by atoms with Gasteiger partial charge in [0.2, 0.25) is 0 Å². The van der Waals surface area contributed by atoms with E-state index in [1.165, 1.54) is 10.8 Å². The Hall–Kier alpha value is -3.70. The first-order chi connectivity index (χ1) is 18.5. The van der Waals surface area contributed by atoms with Gasteiger partial charge in [0.25, 0.3) is 5.09 Å². The third-order valence-electron chi connectivity index (χ3n) is 6.40. The molecule has 0 saturated carbocycles. The minimum absolute atomic E-state index is 0.0154. The number of para-hydroxylation sites is 2. The molecule has 2 N–H and O–H groups in total. The number of fused-ring (bicyclic) bond motifs is 3. The van der Waals surface area contributed by atoms with Crippen molar-refractivity contribution in [3.8, 4) is 0 Å². The van der Waals surface area contributed by atoms with Crippen molar-refractivity contribution in [2.45, 2.75) is 43.2 Å². The first-order valence-corrected chi connectivity index (χ1v) is 12.5. The SMILES string of the molecule is O=[N+]([O-])OCCCC[C@]1(O)CO[C@@H]2[C@@H](O)CO[C@@H]21.c1ccc2ncccc2c1.c1ccc2ncccc2c1. The molecule has 0 spiro atoms. The van der Waals surface area contributed by atoms with Gasteiger partial charge in [0.15, 0.2) is 0 Å². The van der Waals surface area contributed by atoms with Gasteiger partial charge in [0.05, 0.1) is 30.9 Å². The van der Waals surface area contributed by atoms with Crippen LogP contribution >= 0.6 is 0 Å². The van der Waals surface area contributed by atoms with Crippen molar-refractivity contribution in [1.29, 1.82) is 0 Å². The van der Waals surface area contributed by atoms with Crippen molar-refractivity contribution < 1.29 is 29.6 Å². The Labute approximate surface area is 219 Å². The molecule has 200 valence electrons. The van der Waals surface area contributed by atoms with Crippen LogP contribution in [-0.4, -0.2) is 69.0 Å². The van der Waals surface area contributed by atoms with Gasteiger partial charge in [-0.15, -0.1) is 10.1 Å². The molecule has 2 saturated heterocycles. The third kappa shape index (κ3) is 7.20.